The van der Waals surface area contributed by atoms with Crippen LogP contribution in [0.15, 0.2) is 67.0 Å². The minimum atomic E-state index is -0.300. The van der Waals surface area contributed by atoms with Crippen LogP contribution in [0.3, 0.4) is 0 Å². The van der Waals surface area contributed by atoms with Crippen LogP contribution in [0, 0.1) is 5.82 Å². The van der Waals surface area contributed by atoms with Gasteiger partial charge in [0.05, 0.1) is 23.5 Å². The van der Waals surface area contributed by atoms with E-state index in [1.54, 1.807) is 18.3 Å². The molecule has 0 saturated carbocycles. The molecule has 1 N–H and O–H groups in total. The normalized spacial score (nSPS) is 23.7. The maximum Gasteiger partial charge on any atom is 0.174 e. The molecule has 0 aliphatic carbocycles. The van der Waals surface area contributed by atoms with Gasteiger partial charge in [-0.25, -0.2) is 4.39 Å². The van der Waals surface area contributed by atoms with Crippen molar-refractivity contribution in [2.24, 2.45) is 0 Å². The number of ether oxygens (including phenoxy) is 1. The molecule has 2 aromatic heterocycles. The summed E-state index contributed by atoms with van der Waals surface area (Å²) >= 11 is 5.68. The average Bonchev–Trinajstić information content (AvgIpc) is 3.50. The quantitative estimate of drug-likeness (QED) is 0.618. The lowest BCUT2D eigenvalue weighted by Gasteiger charge is -2.29. The Morgan fingerprint density at radius 1 is 1.13 bits per heavy atom. The molecule has 0 spiro atoms. The van der Waals surface area contributed by atoms with Gasteiger partial charge in [0.1, 0.15) is 11.9 Å². The number of thiocarbonyl (C=S) groups is 1. The summed E-state index contributed by atoms with van der Waals surface area (Å²) in [5, 5.41) is 3.88. The minimum absolute atomic E-state index is 0.198. The summed E-state index contributed by atoms with van der Waals surface area (Å²) in [5.74, 6) is -0.300. The summed E-state index contributed by atoms with van der Waals surface area (Å²) in [4.78, 5) is 6.44. The van der Waals surface area contributed by atoms with Gasteiger partial charge in [-0.15, -0.1) is 0 Å². The fourth-order valence-corrected chi connectivity index (χ4v) is 4.77. The van der Waals surface area contributed by atoms with E-state index < -0.39 is 0 Å². The van der Waals surface area contributed by atoms with Crippen molar-refractivity contribution in [3.63, 3.8) is 0 Å². The lowest BCUT2D eigenvalue weighted by atomic mass is 10.0. The van der Waals surface area contributed by atoms with Crippen LogP contribution in [-0.2, 0) is 11.3 Å². The van der Waals surface area contributed by atoms with Gasteiger partial charge < -0.3 is 19.5 Å². The van der Waals surface area contributed by atoms with Gasteiger partial charge in [-0.05, 0) is 61.5 Å². The lowest BCUT2D eigenvalue weighted by Crippen LogP contribution is -2.31. The molecule has 4 heterocycles. The first-order valence-electron chi connectivity index (χ1n) is 10.2. The standard InChI is InChI=1S/C23H23FN4OS/c24-17-8-1-2-10-19(17)28-22(21(26-23(28)30)18-9-3-4-12-25-18)20-11-5-13-27(20)15-16-7-6-14-29-16/h1-5,8-13,16,21-22H,6-7,14-15H2,(H,26,30)/t16-,21+,22+/m0/s1. The molecular weight excluding hydrogens is 399 g/mol. The van der Waals surface area contributed by atoms with E-state index >= 15 is 0 Å². The van der Waals surface area contributed by atoms with Crippen LogP contribution in [0.4, 0.5) is 10.1 Å². The molecule has 2 aliphatic heterocycles. The summed E-state index contributed by atoms with van der Waals surface area (Å²) in [6.07, 6.45) is 6.18. The third-order valence-corrected chi connectivity index (χ3v) is 6.12. The number of hydrogen-bond acceptors (Lipinski definition) is 3. The van der Waals surface area contributed by atoms with Gasteiger partial charge in [-0.1, -0.05) is 18.2 Å². The highest BCUT2D eigenvalue weighted by Gasteiger charge is 2.43. The lowest BCUT2D eigenvalue weighted by molar-refractivity contribution is 0.0961. The Morgan fingerprint density at radius 3 is 2.77 bits per heavy atom. The van der Waals surface area contributed by atoms with Crippen LogP contribution in [0.5, 0.6) is 0 Å². The highest BCUT2D eigenvalue weighted by Crippen LogP contribution is 2.42. The van der Waals surface area contributed by atoms with Crippen LogP contribution in [0.25, 0.3) is 0 Å². The zero-order valence-electron chi connectivity index (χ0n) is 16.4. The second-order valence-electron chi connectivity index (χ2n) is 7.67. The number of halogens is 1. The fraction of sp³-hybridized carbons (Fsp3) is 0.304. The van der Waals surface area contributed by atoms with E-state index in [1.807, 2.05) is 35.2 Å². The molecule has 2 aliphatic rings. The van der Waals surface area contributed by atoms with Gasteiger partial charge in [-0.2, -0.15) is 0 Å². The molecular formula is C23H23FN4OS. The van der Waals surface area contributed by atoms with E-state index in [2.05, 4.69) is 27.1 Å². The molecule has 5 nitrogen and oxygen atoms in total. The van der Waals surface area contributed by atoms with Crippen molar-refractivity contribution in [2.75, 3.05) is 11.5 Å². The molecule has 0 radical (unpaired) electrons. The minimum Gasteiger partial charge on any atom is -0.376 e. The van der Waals surface area contributed by atoms with Gasteiger partial charge in [0.15, 0.2) is 5.11 Å². The monoisotopic (exact) mass is 422 g/mol. The molecule has 3 aromatic rings. The second kappa shape index (κ2) is 8.16. The third kappa shape index (κ3) is 3.48. The molecule has 3 atom stereocenters. The van der Waals surface area contributed by atoms with E-state index in [0.29, 0.717) is 10.8 Å². The van der Waals surface area contributed by atoms with Gasteiger partial charge in [-0.3, -0.25) is 4.98 Å². The van der Waals surface area contributed by atoms with Crippen LogP contribution >= 0.6 is 12.2 Å². The number of aromatic nitrogens is 2. The number of pyridine rings is 1. The Kier molecular flexibility index (Phi) is 5.23. The zero-order chi connectivity index (χ0) is 20.5. The first-order valence-corrected chi connectivity index (χ1v) is 10.6. The van der Waals surface area contributed by atoms with Crippen molar-refractivity contribution >= 4 is 23.0 Å². The molecule has 0 amide bonds. The fourth-order valence-electron chi connectivity index (χ4n) is 4.43. The van der Waals surface area contributed by atoms with E-state index in [9.17, 15) is 4.39 Å². The van der Waals surface area contributed by atoms with Crippen molar-refractivity contribution in [3.8, 4) is 0 Å². The number of anilines is 1. The van der Waals surface area contributed by atoms with Gasteiger partial charge in [0.2, 0.25) is 0 Å². The molecule has 0 unspecified atom stereocenters. The van der Waals surface area contributed by atoms with Crippen molar-refractivity contribution in [1.82, 2.24) is 14.9 Å². The molecule has 154 valence electrons. The van der Waals surface area contributed by atoms with Crippen molar-refractivity contribution in [3.05, 3.63) is 84.2 Å². The van der Waals surface area contributed by atoms with E-state index in [1.165, 1.54) is 6.07 Å². The number of nitrogens with one attached hydrogen (secondary N) is 1. The Bertz CT molecular complexity index is 1030. The molecule has 7 heteroatoms. The topological polar surface area (TPSA) is 42.3 Å². The number of rotatable bonds is 5. The Balaban J connectivity index is 1.59. The van der Waals surface area contributed by atoms with Gasteiger partial charge in [0.25, 0.3) is 0 Å². The molecule has 2 saturated heterocycles. The van der Waals surface area contributed by atoms with Gasteiger partial charge >= 0.3 is 0 Å². The molecule has 1 aromatic carbocycles. The molecule has 0 bridgehead atoms. The van der Waals surface area contributed by atoms with Crippen LogP contribution < -0.4 is 10.2 Å². The van der Waals surface area contributed by atoms with Crippen LogP contribution in [0.2, 0.25) is 0 Å². The molecule has 30 heavy (non-hydrogen) atoms. The maximum absolute atomic E-state index is 14.8. The summed E-state index contributed by atoms with van der Waals surface area (Å²) < 4.78 is 22.9. The highest BCUT2D eigenvalue weighted by atomic mass is 32.1. The SMILES string of the molecule is Fc1ccccc1N1C(=S)N[C@H](c2ccccn2)[C@H]1c1cccn1C[C@@H]1CCCO1. The predicted octanol–water partition coefficient (Wildman–Crippen LogP) is 4.38. The molecule has 2 fully saturated rings. The zero-order valence-corrected chi connectivity index (χ0v) is 17.3. The van der Waals surface area contributed by atoms with Crippen molar-refractivity contribution < 1.29 is 9.13 Å². The average molecular weight is 423 g/mol. The first kappa shape index (κ1) is 19.2. The summed E-state index contributed by atoms with van der Waals surface area (Å²) in [7, 11) is 0. The smallest absolute Gasteiger partial charge is 0.174 e. The third-order valence-electron chi connectivity index (χ3n) is 5.80. The van der Waals surface area contributed by atoms with Crippen molar-refractivity contribution in [1.29, 1.82) is 0 Å². The maximum atomic E-state index is 14.8. The Labute approximate surface area is 180 Å². The first-order chi connectivity index (χ1) is 14.7. The Hall–Kier alpha value is -2.77. The number of para-hydroxylation sites is 1. The van der Waals surface area contributed by atoms with Crippen LogP contribution in [-0.4, -0.2) is 27.4 Å². The van der Waals surface area contributed by atoms with E-state index in [-0.39, 0.29) is 24.0 Å². The highest BCUT2D eigenvalue weighted by molar-refractivity contribution is 7.80. The second-order valence-corrected chi connectivity index (χ2v) is 8.06. The largest absolute Gasteiger partial charge is 0.376 e. The summed E-state index contributed by atoms with van der Waals surface area (Å²) in [5.41, 5.74) is 2.38. The number of nitrogens with zero attached hydrogens (tertiary/aromatic N) is 3. The summed E-state index contributed by atoms with van der Waals surface area (Å²) in [6, 6.07) is 16.3. The molecule has 5 rings (SSSR count). The summed E-state index contributed by atoms with van der Waals surface area (Å²) in [6.45, 7) is 1.58. The number of hydrogen-bond donors (Lipinski definition) is 1. The van der Waals surface area contributed by atoms with E-state index in [4.69, 9.17) is 17.0 Å². The van der Waals surface area contributed by atoms with Crippen molar-refractivity contribution in [2.45, 2.75) is 37.6 Å². The van der Waals surface area contributed by atoms with Crippen LogP contribution in [0.1, 0.15) is 36.3 Å². The van der Waals surface area contributed by atoms with Gasteiger partial charge in [0, 0.05) is 31.2 Å². The Morgan fingerprint density at radius 2 is 2.00 bits per heavy atom. The predicted molar refractivity (Wildman–Crippen MR) is 118 cm³/mol. The van der Waals surface area contributed by atoms with E-state index in [0.717, 1.165) is 37.4 Å². The number of benzene rings is 1.